The summed E-state index contributed by atoms with van der Waals surface area (Å²) in [5.74, 6) is 0.533. The highest BCUT2D eigenvalue weighted by molar-refractivity contribution is 7.99. The Hall–Kier alpha value is -3.00. The van der Waals surface area contributed by atoms with Crippen molar-refractivity contribution in [2.45, 2.75) is 12.1 Å². The van der Waals surface area contributed by atoms with Gasteiger partial charge < -0.3 is 0 Å². The van der Waals surface area contributed by atoms with Crippen LogP contribution in [-0.4, -0.2) is 31.6 Å². The second-order valence-electron chi connectivity index (χ2n) is 5.30. The summed E-state index contributed by atoms with van der Waals surface area (Å²) >= 11 is 1.19. The molecule has 0 atom stereocenters. The van der Waals surface area contributed by atoms with Gasteiger partial charge in [0, 0.05) is 23.3 Å². The van der Waals surface area contributed by atoms with E-state index in [-0.39, 0.29) is 17.2 Å². The summed E-state index contributed by atoms with van der Waals surface area (Å²) in [6.07, 6.45) is 0. The molecule has 0 fully saturated rings. The second kappa shape index (κ2) is 7.27. The molecule has 0 aliphatic carbocycles. The third-order valence-corrected chi connectivity index (χ3v) is 4.42. The Morgan fingerprint density at radius 2 is 2.04 bits per heavy atom. The largest absolute Gasteiger partial charge is 0.293 e. The Morgan fingerprint density at radius 1 is 1.24 bits per heavy atom. The number of benzene rings is 2. The van der Waals surface area contributed by atoms with E-state index in [1.54, 1.807) is 6.07 Å². The molecule has 0 aliphatic heterocycles. The van der Waals surface area contributed by atoms with Crippen LogP contribution in [0.5, 0.6) is 0 Å². The number of Topliss-reactive ketones (excluding diaryl/α,β-unsaturated/α-hetero) is 1. The predicted octanol–water partition coefficient (Wildman–Crippen LogP) is 3.66. The lowest BCUT2D eigenvalue weighted by atomic mass is 10.1. The van der Waals surface area contributed by atoms with Crippen LogP contribution in [0.1, 0.15) is 15.9 Å². The summed E-state index contributed by atoms with van der Waals surface area (Å²) in [6.45, 7) is 1.98. The summed E-state index contributed by atoms with van der Waals surface area (Å²) < 4.78 is 0. The van der Waals surface area contributed by atoms with Gasteiger partial charge in [-0.2, -0.15) is 0 Å². The van der Waals surface area contributed by atoms with E-state index in [1.807, 2.05) is 31.2 Å². The molecule has 3 aromatic rings. The molecule has 0 saturated heterocycles. The zero-order valence-electron chi connectivity index (χ0n) is 13.3. The number of thioether (sulfide) groups is 1. The fraction of sp³-hybridized carbons (Fsp3) is 0.118. The van der Waals surface area contributed by atoms with Crippen molar-refractivity contribution in [2.24, 2.45) is 0 Å². The van der Waals surface area contributed by atoms with Gasteiger partial charge in [0.25, 0.3) is 5.69 Å². The van der Waals surface area contributed by atoms with Gasteiger partial charge in [0.05, 0.1) is 10.7 Å². The van der Waals surface area contributed by atoms with Gasteiger partial charge >= 0.3 is 0 Å². The van der Waals surface area contributed by atoms with E-state index in [1.165, 1.54) is 30.0 Å². The molecule has 0 aliphatic rings. The quantitative estimate of drug-likeness (QED) is 0.314. The number of ketones is 1. The molecule has 1 aromatic heterocycles. The molecule has 8 heteroatoms. The number of aromatic amines is 1. The number of H-pyrrole nitrogens is 1. The van der Waals surface area contributed by atoms with Crippen LogP contribution < -0.4 is 0 Å². The molecule has 3 rings (SSSR count). The zero-order chi connectivity index (χ0) is 17.8. The van der Waals surface area contributed by atoms with Crippen molar-refractivity contribution in [1.29, 1.82) is 0 Å². The zero-order valence-corrected chi connectivity index (χ0v) is 14.1. The first kappa shape index (κ1) is 16.8. The van der Waals surface area contributed by atoms with Crippen LogP contribution in [0.4, 0.5) is 5.69 Å². The van der Waals surface area contributed by atoms with Gasteiger partial charge in [0.15, 0.2) is 11.6 Å². The van der Waals surface area contributed by atoms with Gasteiger partial charge in [0.2, 0.25) is 5.16 Å². The smallest absolute Gasteiger partial charge is 0.270 e. The second-order valence-corrected chi connectivity index (χ2v) is 6.24. The highest BCUT2D eigenvalue weighted by Gasteiger charge is 2.14. The Bertz CT molecular complexity index is 939. The summed E-state index contributed by atoms with van der Waals surface area (Å²) in [6, 6.07) is 13.5. The number of carbonyl (C=O) groups excluding carboxylic acids is 1. The average molecular weight is 354 g/mol. The third-order valence-electron chi connectivity index (χ3n) is 3.58. The number of nitrogens with zero attached hydrogens (tertiary/aromatic N) is 3. The SMILES string of the molecule is Cc1ccccc1-c1nc(SCC(=O)c2cccc([N+](=O)[O-])c2)n[nH]1. The maximum Gasteiger partial charge on any atom is 0.270 e. The van der Waals surface area contributed by atoms with Crippen molar-refractivity contribution in [1.82, 2.24) is 15.2 Å². The number of rotatable bonds is 6. The summed E-state index contributed by atoms with van der Waals surface area (Å²) in [5.41, 5.74) is 2.22. The lowest BCUT2D eigenvalue weighted by molar-refractivity contribution is -0.384. The average Bonchev–Trinajstić information content (AvgIpc) is 3.09. The maximum absolute atomic E-state index is 12.2. The fourth-order valence-electron chi connectivity index (χ4n) is 2.28. The Labute approximate surface area is 147 Å². The number of aryl methyl sites for hydroxylation is 1. The van der Waals surface area contributed by atoms with Crippen LogP contribution in [-0.2, 0) is 0 Å². The number of nitro benzene ring substituents is 1. The lowest BCUT2D eigenvalue weighted by Gasteiger charge is -2.00. The van der Waals surface area contributed by atoms with Crippen LogP contribution in [0.2, 0.25) is 0 Å². The fourth-order valence-corrected chi connectivity index (χ4v) is 2.97. The van der Waals surface area contributed by atoms with Crippen LogP contribution in [0.25, 0.3) is 11.4 Å². The molecule has 0 radical (unpaired) electrons. The molecule has 126 valence electrons. The lowest BCUT2D eigenvalue weighted by Crippen LogP contribution is -2.03. The molecule has 2 aromatic carbocycles. The molecule has 0 amide bonds. The number of nitrogens with one attached hydrogen (secondary N) is 1. The van der Waals surface area contributed by atoms with Crippen LogP contribution in [0.3, 0.4) is 0 Å². The van der Waals surface area contributed by atoms with E-state index < -0.39 is 4.92 Å². The van der Waals surface area contributed by atoms with E-state index >= 15 is 0 Å². The summed E-state index contributed by atoms with van der Waals surface area (Å²) in [7, 11) is 0. The molecule has 1 N–H and O–H groups in total. The number of carbonyl (C=O) groups is 1. The van der Waals surface area contributed by atoms with Gasteiger partial charge in [-0.15, -0.1) is 5.10 Å². The van der Waals surface area contributed by atoms with Crippen molar-refractivity contribution in [3.8, 4) is 11.4 Å². The van der Waals surface area contributed by atoms with E-state index in [9.17, 15) is 14.9 Å². The number of non-ortho nitro benzene ring substituents is 1. The number of hydrogen-bond donors (Lipinski definition) is 1. The maximum atomic E-state index is 12.2. The minimum absolute atomic E-state index is 0.101. The monoisotopic (exact) mass is 354 g/mol. The van der Waals surface area contributed by atoms with Crippen molar-refractivity contribution in [3.05, 3.63) is 69.8 Å². The molecule has 0 bridgehead atoms. The summed E-state index contributed by atoms with van der Waals surface area (Å²) in [4.78, 5) is 26.9. The molecule has 0 spiro atoms. The van der Waals surface area contributed by atoms with E-state index in [2.05, 4.69) is 15.2 Å². The van der Waals surface area contributed by atoms with Gasteiger partial charge in [-0.25, -0.2) is 4.98 Å². The van der Waals surface area contributed by atoms with E-state index in [0.717, 1.165) is 11.1 Å². The Morgan fingerprint density at radius 3 is 2.80 bits per heavy atom. The van der Waals surface area contributed by atoms with Gasteiger partial charge in [0.1, 0.15) is 0 Å². The van der Waals surface area contributed by atoms with Crippen LogP contribution >= 0.6 is 11.8 Å². The molecular weight excluding hydrogens is 340 g/mol. The third kappa shape index (κ3) is 3.92. The number of hydrogen-bond acceptors (Lipinski definition) is 6. The van der Waals surface area contributed by atoms with E-state index in [0.29, 0.717) is 16.5 Å². The van der Waals surface area contributed by atoms with Crippen molar-refractivity contribution in [2.75, 3.05) is 5.75 Å². The number of aromatic nitrogens is 3. The highest BCUT2D eigenvalue weighted by atomic mass is 32.2. The Kier molecular flexibility index (Phi) is 4.90. The topological polar surface area (TPSA) is 102 Å². The first-order valence-corrected chi connectivity index (χ1v) is 8.42. The minimum Gasteiger partial charge on any atom is -0.293 e. The van der Waals surface area contributed by atoms with Gasteiger partial charge in [-0.3, -0.25) is 20.0 Å². The standard InChI is InChI=1S/C17H14N4O3S/c1-11-5-2-3-8-14(11)16-18-17(20-19-16)25-10-15(22)12-6-4-7-13(9-12)21(23)24/h2-9H,10H2,1H3,(H,18,19,20). The number of nitro groups is 1. The normalized spacial score (nSPS) is 10.6. The predicted molar refractivity (Wildman–Crippen MR) is 94.7 cm³/mol. The van der Waals surface area contributed by atoms with E-state index in [4.69, 9.17) is 0 Å². The van der Waals surface area contributed by atoms with Gasteiger partial charge in [-0.05, 0) is 12.5 Å². The molecule has 1 heterocycles. The van der Waals surface area contributed by atoms with Gasteiger partial charge in [-0.1, -0.05) is 48.2 Å². The van der Waals surface area contributed by atoms with Crippen molar-refractivity contribution >= 4 is 23.2 Å². The van der Waals surface area contributed by atoms with Crippen LogP contribution in [0, 0.1) is 17.0 Å². The summed E-state index contributed by atoms with van der Waals surface area (Å²) in [5, 5.41) is 18.2. The van der Waals surface area contributed by atoms with Crippen molar-refractivity contribution in [3.63, 3.8) is 0 Å². The molecular formula is C17H14N4O3S. The highest BCUT2D eigenvalue weighted by Crippen LogP contribution is 2.23. The molecule has 25 heavy (non-hydrogen) atoms. The first-order valence-electron chi connectivity index (χ1n) is 7.43. The molecule has 0 saturated carbocycles. The Balaban J connectivity index is 1.68. The molecule has 0 unspecified atom stereocenters. The first-order chi connectivity index (χ1) is 12.0. The van der Waals surface area contributed by atoms with Crippen molar-refractivity contribution < 1.29 is 9.72 Å². The van der Waals surface area contributed by atoms with Crippen LogP contribution in [0.15, 0.2) is 53.7 Å². The molecule has 7 nitrogen and oxygen atoms in total. The minimum atomic E-state index is -0.520.